The van der Waals surface area contributed by atoms with Crippen LogP contribution < -0.4 is 24.4 Å². The number of hydrogen-bond acceptors (Lipinski definition) is 6. The Labute approximate surface area is 237 Å². The number of carbonyl (C=O) groups is 1. The summed E-state index contributed by atoms with van der Waals surface area (Å²) >= 11 is 7.48. The molecule has 0 spiro atoms. The van der Waals surface area contributed by atoms with E-state index in [-0.39, 0.29) is 17.6 Å². The molecule has 2 heterocycles. The largest absolute Gasteiger partial charge is 0.490 e. The number of benzene rings is 2. The number of halogens is 1. The molecule has 1 amide bonds. The van der Waals surface area contributed by atoms with Gasteiger partial charge in [-0.15, -0.1) is 0 Å². The molecular formula is C30H34ClN3O4S. The fourth-order valence-corrected chi connectivity index (χ4v) is 5.79. The first kappa shape index (κ1) is 28.6. The molecule has 39 heavy (non-hydrogen) atoms. The molecule has 9 heteroatoms. The highest BCUT2D eigenvalue weighted by Gasteiger charge is 2.34. The van der Waals surface area contributed by atoms with E-state index >= 15 is 0 Å². The molecule has 0 N–H and O–H groups in total. The van der Waals surface area contributed by atoms with Crippen LogP contribution in [0.4, 0.5) is 0 Å². The predicted octanol–water partition coefficient (Wildman–Crippen LogP) is 4.94. The van der Waals surface area contributed by atoms with Gasteiger partial charge in [-0.25, -0.2) is 4.99 Å². The highest BCUT2D eigenvalue weighted by molar-refractivity contribution is 7.07. The average molecular weight is 568 g/mol. The molecule has 0 unspecified atom stereocenters. The van der Waals surface area contributed by atoms with Crippen molar-refractivity contribution in [2.75, 3.05) is 19.7 Å². The maximum Gasteiger partial charge on any atom is 0.271 e. The van der Waals surface area contributed by atoms with Crippen molar-refractivity contribution >= 4 is 34.9 Å². The minimum absolute atomic E-state index is 0.00287. The predicted molar refractivity (Wildman–Crippen MR) is 157 cm³/mol. The first-order valence-corrected chi connectivity index (χ1v) is 14.4. The van der Waals surface area contributed by atoms with Gasteiger partial charge >= 0.3 is 0 Å². The molecule has 1 aliphatic rings. The first-order valence-electron chi connectivity index (χ1n) is 13.2. The summed E-state index contributed by atoms with van der Waals surface area (Å²) in [6.45, 7) is 13.2. The summed E-state index contributed by atoms with van der Waals surface area (Å²) < 4.78 is 13.8. The van der Waals surface area contributed by atoms with Gasteiger partial charge in [-0.1, -0.05) is 41.1 Å². The van der Waals surface area contributed by atoms with E-state index < -0.39 is 6.04 Å². The van der Waals surface area contributed by atoms with Crippen molar-refractivity contribution in [1.82, 2.24) is 9.47 Å². The Bertz CT molecular complexity index is 1570. The summed E-state index contributed by atoms with van der Waals surface area (Å²) in [5, 5.41) is 0.582. The molecule has 206 valence electrons. The number of nitrogens with zero attached hydrogens (tertiary/aromatic N) is 3. The van der Waals surface area contributed by atoms with Crippen LogP contribution in [0.3, 0.4) is 0 Å². The zero-order valence-corrected chi connectivity index (χ0v) is 24.7. The lowest BCUT2D eigenvalue weighted by atomic mass is 9.94. The Morgan fingerprint density at radius 3 is 2.44 bits per heavy atom. The fraction of sp³-hybridized carbons (Fsp3) is 0.367. The van der Waals surface area contributed by atoms with Gasteiger partial charge in [-0.05, 0) is 83.0 Å². The minimum Gasteiger partial charge on any atom is -0.490 e. The van der Waals surface area contributed by atoms with Crippen molar-refractivity contribution in [1.29, 1.82) is 0 Å². The maximum atomic E-state index is 13.9. The standard InChI is InChI=1S/C30H34ClN3O4S/c1-7-33(8-2)29(36)26-19(6)32-30-34(27(26)21-11-13-22(31)14-12-21)28(35)25(39-30)17-20-10-15-23(38-18(4)5)24(16-20)37-9-3/h10-18,27H,7-9H2,1-6H3/b25-17+/t27-/m0/s1. The van der Waals surface area contributed by atoms with Crippen LogP contribution >= 0.6 is 22.9 Å². The molecule has 0 saturated carbocycles. The third-order valence-electron chi connectivity index (χ3n) is 6.42. The number of hydrogen-bond donors (Lipinski definition) is 0. The zero-order chi connectivity index (χ0) is 28.3. The Hall–Kier alpha value is -3.36. The lowest BCUT2D eigenvalue weighted by Crippen LogP contribution is -2.43. The van der Waals surface area contributed by atoms with E-state index in [1.807, 2.05) is 78.0 Å². The van der Waals surface area contributed by atoms with Gasteiger partial charge in [-0.3, -0.25) is 14.2 Å². The molecule has 0 aliphatic carbocycles. The smallest absolute Gasteiger partial charge is 0.271 e. The van der Waals surface area contributed by atoms with E-state index in [4.69, 9.17) is 26.1 Å². The SMILES string of the molecule is CCOc1cc(/C=c2/sc3n(c2=O)[C@@H](c2ccc(Cl)cc2)C(C(=O)N(CC)CC)=C(C)N=3)ccc1OC(C)C. The molecule has 0 bridgehead atoms. The Morgan fingerprint density at radius 1 is 1.13 bits per heavy atom. The van der Waals surface area contributed by atoms with Crippen LogP contribution in [-0.4, -0.2) is 41.2 Å². The molecule has 7 nitrogen and oxygen atoms in total. The van der Waals surface area contributed by atoms with E-state index in [0.29, 0.717) is 56.8 Å². The number of thiazole rings is 1. The molecular weight excluding hydrogens is 534 g/mol. The fourth-order valence-electron chi connectivity index (χ4n) is 4.62. The Kier molecular flexibility index (Phi) is 8.97. The summed E-state index contributed by atoms with van der Waals surface area (Å²) in [7, 11) is 0. The van der Waals surface area contributed by atoms with Crippen molar-refractivity contribution in [2.24, 2.45) is 4.99 Å². The lowest BCUT2D eigenvalue weighted by Gasteiger charge is -2.29. The summed E-state index contributed by atoms with van der Waals surface area (Å²) in [5.74, 6) is 1.15. The molecule has 2 aromatic carbocycles. The first-order chi connectivity index (χ1) is 18.7. The van der Waals surface area contributed by atoms with Crippen LogP contribution in [0.5, 0.6) is 11.5 Å². The van der Waals surface area contributed by atoms with Gasteiger partial charge in [0.25, 0.3) is 11.5 Å². The van der Waals surface area contributed by atoms with Gasteiger partial charge < -0.3 is 14.4 Å². The van der Waals surface area contributed by atoms with E-state index in [0.717, 1.165) is 11.1 Å². The summed E-state index contributed by atoms with van der Waals surface area (Å²) in [6.07, 6.45) is 1.83. The van der Waals surface area contributed by atoms with Crippen LogP contribution in [0.1, 0.15) is 58.7 Å². The van der Waals surface area contributed by atoms with Gasteiger partial charge in [0, 0.05) is 18.1 Å². The summed E-state index contributed by atoms with van der Waals surface area (Å²) in [6, 6.07) is 12.3. The topological polar surface area (TPSA) is 73.1 Å². The molecule has 1 aromatic heterocycles. The van der Waals surface area contributed by atoms with E-state index in [9.17, 15) is 9.59 Å². The molecule has 1 atom stereocenters. The number of rotatable bonds is 9. The molecule has 3 aromatic rings. The zero-order valence-electron chi connectivity index (χ0n) is 23.2. The third kappa shape index (κ3) is 5.97. The van der Waals surface area contributed by atoms with Crippen LogP contribution in [0, 0.1) is 0 Å². The molecule has 4 rings (SSSR count). The molecule has 0 radical (unpaired) electrons. The van der Waals surface area contributed by atoms with Crippen molar-refractivity contribution < 1.29 is 14.3 Å². The van der Waals surface area contributed by atoms with E-state index in [1.54, 1.807) is 21.6 Å². The van der Waals surface area contributed by atoms with Gasteiger partial charge in [0.15, 0.2) is 16.3 Å². The van der Waals surface area contributed by atoms with Crippen molar-refractivity contribution in [3.8, 4) is 11.5 Å². The number of fused-ring (bicyclic) bond motifs is 1. The number of amides is 1. The molecule has 0 fully saturated rings. The second-order valence-corrected chi connectivity index (χ2v) is 10.9. The normalized spacial score (nSPS) is 15.3. The average Bonchev–Trinajstić information content (AvgIpc) is 3.20. The summed E-state index contributed by atoms with van der Waals surface area (Å²) in [4.78, 5) is 34.6. The monoisotopic (exact) mass is 567 g/mol. The van der Waals surface area contributed by atoms with E-state index in [2.05, 4.69) is 0 Å². The van der Waals surface area contributed by atoms with Crippen LogP contribution in [0.2, 0.25) is 5.02 Å². The number of ether oxygens (including phenoxy) is 2. The van der Waals surface area contributed by atoms with Crippen LogP contribution in [0.15, 0.2) is 63.5 Å². The molecule has 1 aliphatic heterocycles. The number of likely N-dealkylation sites (N-methyl/N-ethyl adjacent to an activating group) is 1. The van der Waals surface area contributed by atoms with Gasteiger partial charge in [0.2, 0.25) is 0 Å². The Morgan fingerprint density at radius 2 is 1.82 bits per heavy atom. The van der Waals surface area contributed by atoms with Crippen LogP contribution in [0.25, 0.3) is 6.08 Å². The Balaban J connectivity index is 1.89. The maximum absolute atomic E-state index is 13.9. The second kappa shape index (κ2) is 12.2. The third-order valence-corrected chi connectivity index (χ3v) is 7.65. The van der Waals surface area contributed by atoms with E-state index in [1.165, 1.54) is 11.3 Å². The molecule has 0 saturated heterocycles. The van der Waals surface area contributed by atoms with Crippen molar-refractivity contribution in [3.05, 3.63) is 89.6 Å². The quantitative estimate of drug-likeness (QED) is 0.367. The van der Waals surface area contributed by atoms with Gasteiger partial charge in [0.1, 0.15) is 0 Å². The number of allylic oxidation sites excluding steroid dienone is 1. The van der Waals surface area contributed by atoms with Gasteiger partial charge in [-0.2, -0.15) is 0 Å². The van der Waals surface area contributed by atoms with Crippen LogP contribution in [-0.2, 0) is 4.79 Å². The summed E-state index contributed by atoms with van der Waals surface area (Å²) in [5.41, 5.74) is 2.49. The second-order valence-electron chi connectivity index (χ2n) is 9.42. The highest BCUT2D eigenvalue weighted by Crippen LogP contribution is 2.32. The number of carbonyl (C=O) groups excluding carboxylic acids is 1. The van der Waals surface area contributed by atoms with Crippen molar-refractivity contribution in [3.63, 3.8) is 0 Å². The van der Waals surface area contributed by atoms with Crippen molar-refractivity contribution in [2.45, 2.75) is 53.7 Å². The minimum atomic E-state index is -0.616. The van der Waals surface area contributed by atoms with Gasteiger partial charge in [0.05, 0.1) is 34.6 Å². The number of aromatic nitrogens is 1. The highest BCUT2D eigenvalue weighted by atomic mass is 35.5. The lowest BCUT2D eigenvalue weighted by molar-refractivity contribution is -0.127.